The lowest BCUT2D eigenvalue weighted by Crippen LogP contribution is -3.01. The van der Waals surface area contributed by atoms with Crippen molar-refractivity contribution in [2.45, 2.75) is 467 Å². The van der Waals surface area contributed by atoms with Gasteiger partial charge in [0.05, 0.1) is 6.14 Å². The van der Waals surface area contributed by atoms with Crippen LogP contribution in [0.5, 0.6) is 0 Å². The molecule has 1 saturated heterocycles. The number of hydrogen-bond donors (Lipinski definition) is 0. The van der Waals surface area contributed by atoms with E-state index in [0.29, 0.717) is 0 Å². The van der Waals surface area contributed by atoms with Gasteiger partial charge in [0.15, 0.2) is 0 Å². The molecular weight excluding hydrogens is 1530 g/mol. The van der Waals surface area contributed by atoms with E-state index in [-0.39, 0.29) is 60.5 Å². The van der Waals surface area contributed by atoms with E-state index < -0.39 is 148 Å². The van der Waals surface area contributed by atoms with Crippen LogP contribution in [0.3, 0.4) is 0 Å². The van der Waals surface area contributed by atoms with Crippen molar-refractivity contribution in [2.75, 3.05) is 0 Å². The van der Waals surface area contributed by atoms with E-state index in [1.807, 2.05) is 0 Å². The second kappa shape index (κ2) is 24.6. The Morgan fingerprint density at radius 2 is 0.253 bits per heavy atom. The van der Waals surface area contributed by atoms with Crippen LogP contribution in [0, 0.1) is 0 Å². The molecule has 0 aromatic carbocycles. The Balaban J connectivity index is 5.51. The van der Waals surface area contributed by atoms with Crippen LogP contribution < -0.4 is 0 Å². The third-order valence-electron chi connectivity index (χ3n) is 37.9. The number of halogens is 2. The van der Waals surface area contributed by atoms with Crippen LogP contribution in [-0.2, 0) is 0 Å². The van der Waals surface area contributed by atoms with E-state index >= 15 is 0 Å². The molecule has 2 heterocycles. The third kappa shape index (κ3) is 11.1. The quantitative estimate of drug-likeness (QED) is 0.107. The molecule has 0 unspecified atom stereocenters. The first-order valence-electron chi connectivity index (χ1n) is 38.9. The molecule has 566 valence electrons. The van der Waals surface area contributed by atoms with Crippen LogP contribution in [-0.4, -0.2) is 148 Å². The van der Waals surface area contributed by atoms with Crippen molar-refractivity contribution in [2.24, 2.45) is 0 Å². The summed E-state index contributed by atoms with van der Waals surface area (Å²) in [6, 6.07) is 0. The Hall–Kier alpha value is 5.13. The summed E-state index contributed by atoms with van der Waals surface area (Å²) < 4.78 is 0. The smallest absolute Gasteiger partial charge is 0.135 e. The van der Waals surface area contributed by atoms with Crippen molar-refractivity contribution in [3.05, 3.63) is 0 Å². The molecule has 0 N–H and O–H groups in total. The molecule has 2 aliphatic heterocycles. The van der Waals surface area contributed by atoms with E-state index in [4.69, 9.17) is 0 Å². The summed E-state index contributed by atoms with van der Waals surface area (Å²) in [4.78, 5) is 0. The molecule has 0 saturated carbocycles. The van der Waals surface area contributed by atoms with Crippen molar-refractivity contribution in [3.8, 4) is 0 Å². The Labute approximate surface area is 629 Å². The molecule has 23 heteroatoms. The molecule has 0 nitrogen and oxygen atoms in total. The zero-order valence-electron chi connectivity index (χ0n) is 77.3. The highest BCUT2D eigenvalue weighted by Gasteiger charge is 3.15. The van der Waals surface area contributed by atoms with Gasteiger partial charge in [-0.25, -0.2) is 0 Å². The lowest BCUT2D eigenvalue weighted by Gasteiger charge is -2.75. The van der Waals surface area contributed by atoms with Gasteiger partial charge >= 0.3 is 0 Å². The molecule has 0 aromatic rings. The van der Waals surface area contributed by atoms with E-state index in [9.17, 15) is 22.2 Å². The second-order valence-corrected chi connectivity index (χ2v) is 306. The highest BCUT2D eigenvalue weighted by Crippen LogP contribution is 2.84. The molecule has 2 aliphatic rings. The first kappa shape index (κ1) is 96.2. The average Bonchev–Trinajstić information content (AvgIpc) is 1.47. The van der Waals surface area contributed by atoms with Crippen molar-refractivity contribution in [3.63, 3.8) is 0 Å². The fourth-order valence-electron chi connectivity index (χ4n) is 24.1. The molecule has 2 rings (SSSR count). The van der Waals surface area contributed by atoms with Gasteiger partial charge in [-0.2, -0.15) is 22.2 Å². The van der Waals surface area contributed by atoms with Gasteiger partial charge in [-0.3, -0.25) is 0 Å². The molecule has 1 spiro atoms. The van der Waals surface area contributed by atoms with Crippen molar-refractivity contribution in [1.29, 1.82) is 0 Å². The summed E-state index contributed by atoms with van der Waals surface area (Å²) >= 11 is 24.9. The van der Waals surface area contributed by atoms with Crippen LogP contribution in [0.2, 0.25) is 218 Å². The van der Waals surface area contributed by atoms with E-state index in [2.05, 4.69) is 406 Å². The molecule has 2 atom stereocenters. The number of rotatable bonds is 16. The highest BCUT2D eigenvalue weighted by atomic mass is 35.6. The molecule has 0 radical (unpaired) electrons. The predicted octanol–water partition coefficient (Wildman–Crippen LogP) is 28.4. The van der Waals surface area contributed by atoms with Gasteiger partial charge in [0.1, 0.15) is 11.9 Å². The molecule has 0 aromatic heterocycles. The summed E-state index contributed by atoms with van der Waals surface area (Å²) in [5.41, 5.74) is 0. The first-order chi connectivity index (χ1) is 39.7. The van der Waals surface area contributed by atoms with Gasteiger partial charge in [-0.15, -0.1) is 0 Å². The largest absolute Gasteiger partial charge is 0.177 e. The summed E-state index contributed by atoms with van der Waals surface area (Å²) in [5, 5.41) is 2.48. The lowest BCUT2D eigenvalue weighted by atomic mass is 10.2. The minimum absolute atomic E-state index is 0.174. The van der Waals surface area contributed by atoms with Gasteiger partial charge in [0.2, 0.25) is 0 Å². The second-order valence-electron chi connectivity index (χ2n) is 52.3. The van der Waals surface area contributed by atoms with Crippen LogP contribution >= 0.6 is 22.2 Å². The maximum Gasteiger partial charge on any atom is 0.135 e. The fraction of sp³-hybridized carbons (Fsp3) is 1.00. The zero-order chi connectivity index (χ0) is 78.7. The van der Waals surface area contributed by atoms with Crippen molar-refractivity contribution >= 4 is 170 Å². The summed E-state index contributed by atoms with van der Waals surface area (Å²) in [6.45, 7) is 182. The predicted molar refractivity (Wildman–Crippen MR) is 510 cm³/mol. The monoisotopic (exact) mass is 1700 g/mol. The molecule has 95 heavy (non-hydrogen) atoms. The first-order valence-corrected chi connectivity index (χ1v) is 116. The minimum atomic E-state index is -3.37. The summed E-state index contributed by atoms with van der Waals surface area (Å²) in [7, 11) is -30.1. The third-order valence-corrected chi connectivity index (χ3v) is 722. The Morgan fingerprint density at radius 3 is 0.326 bits per heavy atom. The normalized spacial score (nSPS) is 21.9. The summed E-state index contributed by atoms with van der Waals surface area (Å²) in [6.07, 6.45) is -14.4. The van der Waals surface area contributed by atoms with E-state index in [1.165, 1.54) is 0 Å². The SMILES string of the molecule is CC(C)(C)[Si](C)(C)[Si]([Si]1=[Si]([Si]([Si](C)(C)C(C)(C)C)([Si](C)(C)C(C)(C)C)[Si](C)(C)C(C)(C)C)[Si]12[Si@](Cl)([Si]([Si](C)(C)C(C)(C)C)([Si](C)(C)C(C)(C)C)[Si](C)(C)C(C)(C)C)[Si@@]2(Cl)[Si]([Si](C)(C)C(C)(C)C)([Si](C)(C)C(C)(C)C)[Si](C)(C)C(C)(C)C)([Si](C)(C)C(C)(C)C)[Si](C)(C)C(C)(C)C. The van der Waals surface area contributed by atoms with Gasteiger partial charge < -0.3 is 0 Å². The summed E-state index contributed by atoms with van der Waals surface area (Å²) in [5.74, 6) is -6.74. The molecular formula is C72H180Cl2Si21. The molecule has 1 fully saturated rings. The molecule has 0 bridgehead atoms. The Kier molecular flexibility index (Phi) is 24.9. The van der Waals surface area contributed by atoms with Gasteiger partial charge in [-0.1, -0.05) is 406 Å². The Bertz CT molecular complexity index is 2450. The van der Waals surface area contributed by atoms with Crippen LogP contribution in [0.4, 0.5) is 0 Å². The fourth-order valence-corrected chi connectivity index (χ4v) is 1640. The van der Waals surface area contributed by atoms with E-state index in [0.717, 1.165) is 0 Å². The topological polar surface area (TPSA) is 0 Å². The standard InChI is InChI=1S/C72H180Cl2Si21/c1-61(2,3)77(37,38)92(78(39,40)62(4,5)6,79(41,42)63(7,8)9)75-76(93(80(43,44)64(10,11)12,81(45,46)65(13,14)15)82(47,48)66(16,17)18)91(75)89(73,94(83(49,50)67(19,20)21,84(51,52)68(22,23)24)85(53,54)69(25,26)27)90(91,74)95(86(55,56)70(28,29)30,87(57,58)71(31,32)33)88(59,60)72(34,35)36/h1-60H3/t89-,90-/m1/s1. The molecule has 0 aliphatic carbocycles. The highest BCUT2D eigenvalue weighted by molar-refractivity contribution is 8.76. The Morgan fingerprint density at radius 1 is 0.168 bits per heavy atom. The zero-order valence-corrected chi connectivity index (χ0v) is 99.8. The van der Waals surface area contributed by atoms with Crippen molar-refractivity contribution < 1.29 is 0 Å². The van der Waals surface area contributed by atoms with Gasteiger partial charge in [0.25, 0.3) is 0 Å². The van der Waals surface area contributed by atoms with Crippen LogP contribution in [0.15, 0.2) is 0 Å². The minimum Gasteiger partial charge on any atom is -0.177 e. The maximum atomic E-state index is 12.4. The van der Waals surface area contributed by atoms with Gasteiger partial charge in [-0.05, 0) is 74.3 Å². The maximum absolute atomic E-state index is 12.4. The molecule has 0 amide bonds. The lowest BCUT2D eigenvalue weighted by molar-refractivity contribution is 0.719. The van der Waals surface area contributed by atoms with Crippen LogP contribution in [0.1, 0.15) is 249 Å². The number of hydrogen-bond acceptors (Lipinski definition) is 0. The average molecular weight is 1710 g/mol. The van der Waals surface area contributed by atoms with Crippen molar-refractivity contribution in [1.82, 2.24) is 0 Å². The van der Waals surface area contributed by atoms with Gasteiger partial charge in [0, 0.05) is 116 Å². The van der Waals surface area contributed by atoms with Crippen LogP contribution in [0.25, 0.3) is 0 Å². The van der Waals surface area contributed by atoms with E-state index in [1.54, 1.807) is 0 Å².